The van der Waals surface area contributed by atoms with Crippen LogP contribution in [0.25, 0.3) is 0 Å². The maximum Gasteiger partial charge on any atom is -1.00 e. The fourth-order valence-corrected chi connectivity index (χ4v) is 3.99. The van der Waals surface area contributed by atoms with E-state index in [0.717, 1.165) is 47.9 Å². The molecule has 7 heteroatoms. The smallest absolute Gasteiger partial charge is 1.00 e. The van der Waals surface area contributed by atoms with E-state index in [1.165, 1.54) is 0 Å². The van der Waals surface area contributed by atoms with Gasteiger partial charge in [-0.2, -0.15) is 0 Å². The van der Waals surface area contributed by atoms with Gasteiger partial charge in [-0.15, -0.1) is 0 Å². The molecule has 4 nitrogen and oxygen atoms in total. The molecular weight excluding hydrogens is 410 g/mol. The molecule has 0 aliphatic rings. The first kappa shape index (κ1) is 27.0. The Morgan fingerprint density at radius 3 is 1.48 bits per heavy atom. The molecule has 29 heavy (non-hydrogen) atoms. The van der Waals surface area contributed by atoms with Crippen molar-refractivity contribution in [2.75, 3.05) is 0 Å². The molecule has 0 saturated carbocycles. The topological polar surface area (TPSA) is 58.2 Å². The van der Waals surface area contributed by atoms with Gasteiger partial charge in [0.05, 0.1) is 0 Å². The summed E-state index contributed by atoms with van der Waals surface area (Å²) in [5.41, 5.74) is 5.86. The SMILES string of the molecule is CCCc1cc(C)ccc1C(=O)[NH][Ti+2][NH]C(=O)c1ccc(C)cc1CCC.[F-].[F-]. The van der Waals surface area contributed by atoms with Gasteiger partial charge in [-0.05, 0) is 0 Å². The van der Waals surface area contributed by atoms with Gasteiger partial charge in [0.25, 0.3) is 0 Å². The van der Waals surface area contributed by atoms with Gasteiger partial charge in [0, 0.05) is 0 Å². The Balaban J connectivity index is 0.00000392. The summed E-state index contributed by atoms with van der Waals surface area (Å²) in [5.74, 6) is -0.201. The summed E-state index contributed by atoms with van der Waals surface area (Å²) >= 11 is -1.11. The second-order valence-corrected chi connectivity index (χ2v) is 8.03. The number of carbonyl (C=O) groups is 2. The minimum absolute atomic E-state index is 0. The van der Waals surface area contributed by atoms with Crippen LogP contribution in [0.15, 0.2) is 36.4 Å². The van der Waals surface area contributed by atoms with Crippen molar-refractivity contribution in [2.24, 2.45) is 0 Å². The van der Waals surface area contributed by atoms with E-state index in [0.29, 0.717) is 11.1 Å². The van der Waals surface area contributed by atoms with Crippen molar-refractivity contribution in [3.05, 3.63) is 69.8 Å². The third-order valence-electron chi connectivity index (χ3n) is 4.40. The molecule has 0 spiro atoms. The molecule has 0 aliphatic carbocycles. The Labute approximate surface area is 181 Å². The van der Waals surface area contributed by atoms with Gasteiger partial charge in [-0.3, -0.25) is 0 Å². The summed E-state index contributed by atoms with van der Waals surface area (Å²) in [6.07, 6.45) is 3.73. The van der Waals surface area contributed by atoms with Gasteiger partial charge < -0.3 is 9.41 Å². The molecular formula is C22H28F2N2O2Ti. The third kappa shape index (κ3) is 7.71. The molecule has 0 atom stereocenters. The summed E-state index contributed by atoms with van der Waals surface area (Å²) in [6, 6.07) is 11.8. The molecule has 2 aromatic carbocycles. The fourth-order valence-electron chi connectivity index (χ4n) is 3.12. The Morgan fingerprint density at radius 2 is 1.14 bits per heavy atom. The summed E-state index contributed by atoms with van der Waals surface area (Å²) < 4.78 is 5.87. The maximum absolute atomic E-state index is 12.6. The molecule has 2 N–H and O–H groups in total. The Hall–Kier alpha value is -2.05. The molecule has 0 radical (unpaired) electrons. The Morgan fingerprint density at radius 1 is 0.759 bits per heavy atom. The van der Waals surface area contributed by atoms with Crippen molar-refractivity contribution >= 4 is 11.8 Å². The Bertz CT molecular complexity index is 761. The second-order valence-electron chi connectivity index (χ2n) is 6.85. The molecule has 2 amide bonds. The first-order chi connectivity index (χ1) is 13.0. The number of hydrogen-bond donors (Lipinski definition) is 2. The average molecular weight is 438 g/mol. The summed E-state index contributed by atoms with van der Waals surface area (Å²) in [7, 11) is 0. The van der Waals surface area contributed by atoms with Gasteiger partial charge in [-0.25, -0.2) is 0 Å². The molecule has 0 heterocycles. The number of amides is 2. The zero-order valence-corrected chi connectivity index (χ0v) is 18.9. The van der Waals surface area contributed by atoms with E-state index in [1.807, 2.05) is 38.1 Å². The van der Waals surface area contributed by atoms with E-state index < -0.39 is 19.7 Å². The molecule has 0 aromatic heterocycles. The predicted octanol–water partition coefficient (Wildman–Crippen LogP) is -1.71. The van der Waals surface area contributed by atoms with Crippen molar-refractivity contribution < 1.29 is 38.7 Å². The zero-order chi connectivity index (χ0) is 19.8. The van der Waals surface area contributed by atoms with Gasteiger partial charge in [0.15, 0.2) is 0 Å². The van der Waals surface area contributed by atoms with Crippen LogP contribution >= 0.6 is 0 Å². The molecule has 2 rings (SSSR count). The number of benzene rings is 2. The van der Waals surface area contributed by atoms with Crippen molar-refractivity contribution in [3.8, 4) is 0 Å². The van der Waals surface area contributed by atoms with Crippen molar-refractivity contribution in [3.63, 3.8) is 0 Å². The van der Waals surface area contributed by atoms with E-state index in [2.05, 4.69) is 33.6 Å². The average Bonchev–Trinajstić information content (AvgIpc) is 2.62. The molecule has 0 aliphatic heterocycles. The van der Waals surface area contributed by atoms with Gasteiger partial charge in [0.1, 0.15) is 0 Å². The third-order valence-corrected chi connectivity index (χ3v) is 5.50. The van der Waals surface area contributed by atoms with Crippen LogP contribution in [0.3, 0.4) is 0 Å². The first-order valence-electron chi connectivity index (χ1n) is 9.51. The number of carbonyl (C=O) groups excluding carboxylic acids is 2. The fraction of sp³-hybridized carbons (Fsp3) is 0.364. The monoisotopic (exact) mass is 438 g/mol. The second kappa shape index (κ2) is 13.2. The van der Waals surface area contributed by atoms with Crippen LogP contribution in [0.2, 0.25) is 0 Å². The minimum Gasteiger partial charge on any atom is -1.00 e. The Kier molecular flexibility index (Phi) is 12.3. The van der Waals surface area contributed by atoms with Crippen molar-refractivity contribution in [1.29, 1.82) is 0 Å². The molecule has 156 valence electrons. The molecule has 0 unspecified atom stereocenters. The van der Waals surface area contributed by atoms with Crippen LogP contribution in [-0.4, -0.2) is 11.8 Å². The zero-order valence-electron chi connectivity index (χ0n) is 17.4. The number of nitrogens with one attached hydrogen (secondary N) is 2. The van der Waals surface area contributed by atoms with Crippen molar-refractivity contribution in [2.45, 2.75) is 53.4 Å². The number of halogens is 2. The summed E-state index contributed by atoms with van der Waals surface area (Å²) in [6.45, 7) is 8.27. The maximum atomic E-state index is 12.6. The van der Waals surface area contributed by atoms with Gasteiger partial charge in [-0.1, -0.05) is 0 Å². The largest absolute Gasteiger partial charge is 1.00 e. The molecule has 0 fully saturated rings. The number of rotatable bonds is 8. The summed E-state index contributed by atoms with van der Waals surface area (Å²) in [5, 5.41) is 0. The molecule has 0 bridgehead atoms. The standard InChI is InChI=1S/2C11H15NO.2FH.Ti/c2*1-3-4-9-7-8(2)5-6-10(9)11(12)13;;;/h2*5-7H,3-4H2,1-2H3,(H2,12,13);2*1H;/q;;;;+4/p-4. The van der Waals surface area contributed by atoms with Gasteiger partial charge >= 0.3 is 172 Å². The number of aryl methyl sites for hydroxylation is 4. The predicted molar refractivity (Wildman–Crippen MR) is 105 cm³/mol. The molecule has 2 aromatic rings. The summed E-state index contributed by atoms with van der Waals surface area (Å²) in [4.78, 5) is 25.1. The van der Waals surface area contributed by atoms with E-state index in [9.17, 15) is 9.59 Å². The van der Waals surface area contributed by atoms with E-state index in [4.69, 9.17) is 0 Å². The van der Waals surface area contributed by atoms with Crippen LogP contribution in [0, 0.1) is 13.8 Å². The van der Waals surface area contributed by atoms with Gasteiger partial charge in [0.2, 0.25) is 0 Å². The van der Waals surface area contributed by atoms with Crippen molar-refractivity contribution in [1.82, 2.24) is 7.60 Å². The minimum atomic E-state index is -1.11. The van der Waals surface area contributed by atoms with Crippen LogP contribution < -0.4 is 17.0 Å². The first-order valence-corrected chi connectivity index (χ1v) is 11.1. The van der Waals surface area contributed by atoms with E-state index in [-0.39, 0.29) is 21.2 Å². The van der Waals surface area contributed by atoms with Crippen LogP contribution in [0.5, 0.6) is 0 Å². The van der Waals surface area contributed by atoms with Crippen LogP contribution in [-0.2, 0) is 32.5 Å². The van der Waals surface area contributed by atoms with Crippen LogP contribution in [0.1, 0.15) is 69.7 Å². The van der Waals surface area contributed by atoms with Crippen LogP contribution in [0.4, 0.5) is 0 Å². The quantitative estimate of drug-likeness (QED) is 0.483. The van der Waals surface area contributed by atoms with E-state index >= 15 is 0 Å². The molecule has 0 saturated heterocycles. The normalized spacial score (nSPS) is 9.52. The number of hydrogen-bond acceptors (Lipinski definition) is 2. The van der Waals surface area contributed by atoms with E-state index in [1.54, 1.807) is 0 Å².